The second kappa shape index (κ2) is 11.4. The Morgan fingerprint density at radius 3 is 2.31 bits per heavy atom. The van der Waals surface area contributed by atoms with Crippen molar-refractivity contribution >= 4 is 12.4 Å². The van der Waals surface area contributed by atoms with E-state index in [9.17, 15) is 0 Å². The zero-order chi connectivity index (χ0) is 19.9. The van der Waals surface area contributed by atoms with Crippen molar-refractivity contribution in [2.24, 2.45) is 5.92 Å². The second-order valence-corrected chi connectivity index (χ2v) is 8.00. The van der Waals surface area contributed by atoms with E-state index >= 15 is 0 Å². The number of halogens is 1. The standard InChI is InChI=1S/C24H33NO3.ClH/c1-25(2)16-20-15-23(28-17-18-8-10-21(26-3)11-9-18)12-13-24(20)19-6-5-7-22(14-19)27-4;/h5-11,14,20,23-24H,12-13,15-17H2,1-4H3;1H. The van der Waals surface area contributed by atoms with Gasteiger partial charge in [0.1, 0.15) is 11.5 Å². The van der Waals surface area contributed by atoms with Crippen molar-refractivity contribution in [2.45, 2.75) is 37.9 Å². The van der Waals surface area contributed by atoms with Crippen molar-refractivity contribution in [1.82, 2.24) is 4.90 Å². The highest BCUT2D eigenvalue weighted by Crippen LogP contribution is 2.40. The molecule has 3 unspecified atom stereocenters. The van der Waals surface area contributed by atoms with E-state index in [1.165, 1.54) is 11.1 Å². The highest BCUT2D eigenvalue weighted by atomic mass is 35.5. The van der Waals surface area contributed by atoms with Crippen molar-refractivity contribution in [3.63, 3.8) is 0 Å². The Hall–Kier alpha value is -1.75. The van der Waals surface area contributed by atoms with Crippen molar-refractivity contribution in [2.75, 3.05) is 34.9 Å². The lowest BCUT2D eigenvalue weighted by molar-refractivity contribution is -0.00690. The molecule has 0 bridgehead atoms. The van der Waals surface area contributed by atoms with Gasteiger partial charge in [-0.3, -0.25) is 0 Å². The molecule has 0 amide bonds. The molecule has 1 fully saturated rings. The van der Waals surface area contributed by atoms with E-state index < -0.39 is 0 Å². The second-order valence-electron chi connectivity index (χ2n) is 8.00. The lowest BCUT2D eigenvalue weighted by Gasteiger charge is -2.38. The lowest BCUT2D eigenvalue weighted by atomic mass is 9.74. The first-order chi connectivity index (χ1) is 13.6. The van der Waals surface area contributed by atoms with Gasteiger partial charge in [-0.25, -0.2) is 0 Å². The van der Waals surface area contributed by atoms with Crippen LogP contribution in [0.25, 0.3) is 0 Å². The molecule has 29 heavy (non-hydrogen) atoms. The Morgan fingerprint density at radius 2 is 1.66 bits per heavy atom. The van der Waals surface area contributed by atoms with Crippen LogP contribution in [-0.2, 0) is 11.3 Å². The van der Waals surface area contributed by atoms with Gasteiger partial charge in [0, 0.05) is 6.54 Å². The molecule has 0 radical (unpaired) electrons. The van der Waals surface area contributed by atoms with Crippen molar-refractivity contribution in [3.8, 4) is 11.5 Å². The molecule has 0 N–H and O–H groups in total. The molecule has 160 valence electrons. The van der Waals surface area contributed by atoms with E-state index in [4.69, 9.17) is 14.2 Å². The van der Waals surface area contributed by atoms with Gasteiger partial charge in [0.15, 0.2) is 0 Å². The molecule has 0 saturated heterocycles. The molecule has 3 atom stereocenters. The fourth-order valence-electron chi connectivity index (χ4n) is 4.29. The van der Waals surface area contributed by atoms with E-state index in [0.717, 1.165) is 37.3 Å². The summed E-state index contributed by atoms with van der Waals surface area (Å²) in [5.41, 5.74) is 2.58. The van der Waals surface area contributed by atoms with Crippen molar-refractivity contribution < 1.29 is 14.2 Å². The molecule has 1 saturated carbocycles. The van der Waals surface area contributed by atoms with Gasteiger partial charge in [-0.1, -0.05) is 24.3 Å². The van der Waals surface area contributed by atoms with E-state index in [1.807, 2.05) is 18.2 Å². The molecule has 0 heterocycles. The summed E-state index contributed by atoms with van der Waals surface area (Å²) >= 11 is 0. The van der Waals surface area contributed by atoms with Gasteiger partial charge in [-0.15, -0.1) is 12.4 Å². The third-order valence-electron chi connectivity index (χ3n) is 5.70. The van der Waals surface area contributed by atoms with Gasteiger partial charge in [0.2, 0.25) is 0 Å². The predicted octanol–water partition coefficient (Wildman–Crippen LogP) is 5.16. The van der Waals surface area contributed by atoms with Crippen LogP contribution in [0.4, 0.5) is 0 Å². The summed E-state index contributed by atoms with van der Waals surface area (Å²) in [5.74, 6) is 2.96. The van der Waals surface area contributed by atoms with Crippen LogP contribution in [0.1, 0.15) is 36.3 Å². The van der Waals surface area contributed by atoms with Gasteiger partial charge in [-0.2, -0.15) is 0 Å². The quantitative estimate of drug-likeness (QED) is 0.591. The summed E-state index contributed by atoms with van der Waals surface area (Å²) in [5, 5.41) is 0. The van der Waals surface area contributed by atoms with Crippen LogP contribution in [0.3, 0.4) is 0 Å². The average molecular weight is 420 g/mol. The van der Waals surface area contributed by atoms with Gasteiger partial charge in [0.25, 0.3) is 0 Å². The fourth-order valence-corrected chi connectivity index (χ4v) is 4.29. The third-order valence-corrected chi connectivity index (χ3v) is 5.70. The predicted molar refractivity (Wildman–Crippen MR) is 120 cm³/mol. The van der Waals surface area contributed by atoms with Gasteiger partial charge in [0.05, 0.1) is 26.9 Å². The summed E-state index contributed by atoms with van der Waals surface area (Å²) in [6.45, 7) is 1.73. The van der Waals surface area contributed by atoms with Crippen molar-refractivity contribution in [1.29, 1.82) is 0 Å². The molecule has 4 nitrogen and oxygen atoms in total. The van der Waals surface area contributed by atoms with Crippen LogP contribution < -0.4 is 9.47 Å². The molecule has 5 heteroatoms. The molecule has 2 aromatic rings. The number of methoxy groups -OCH3 is 2. The first-order valence-electron chi connectivity index (χ1n) is 10.1. The number of ether oxygens (including phenoxy) is 3. The minimum Gasteiger partial charge on any atom is -0.497 e. The fraction of sp³-hybridized carbons (Fsp3) is 0.500. The van der Waals surface area contributed by atoms with Crippen LogP contribution in [0.5, 0.6) is 11.5 Å². The molecular weight excluding hydrogens is 386 g/mol. The van der Waals surface area contributed by atoms with Crippen molar-refractivity contribution in [3.05, 3.63) is 59.7 Å². The Kier molecular flexibility index (Phi) is 9.28. The van der Waals surface area contributed by atoms with Crippen LogP contribution >= 0.6 is 12.4 Å². The highest BCUT2D eigenvalue weighted by molar-refractivity contribution is 5.85. The van der Waals surface area contributed by atoms with Crippen LogP contribution in [0.2, 0.25) is 0 Å². The zero-order valence-electron chi connectivity index (χ0n) is 18.0. The maximum absolute atomic E-state index is 6.30. The summed E-state index contributed by atoms with van der Waals surface area (Å²) in [7, 11) is 7.74. The monoisotopic (exact) mass is 419 g/mol. The SMILES string of the molecule is COc1ccc(COC2CCC(c3cccc(OC)c3)C(CN(C)C)C2)cc1.Cl. The number of hydrogen-bond acceptors (Lipinski definition) is 4. The maximum atomic E-state index is 6.30. The van der Waals surface area contributed by atoms with Gasteiger partial charge in [-0.05, 0) is 80.6 Å². The molecule has 1 aliphatic rings. The Labute approximate surface area is 181 Å². The molecule has 0 aromatic heterocycles. The Bertz CT molecular complexity index is 735. The highest BCUT2D eigenvalue weighted by Gasteiger charge is 2.32. The minimum atomic E-state index is 0. The van der Waals surface area contributed by atoms with E-state index in [-0.39, 0.29) is 12.4 Å². The van der Waals surface area contributed by atoms with E-state index in [2.05, 4.69) is 49.3 Å². The maximum Gasteiger partial charge on any atom is 0.119 e. The number of hydrogen-bond donors (Lipinski definition) is 0. The number of nitrogens with zero attached hydrogens (tertiary/aromatic N) is 1. The Balaban J connectivity index is 0.00000300. The average Bonchev–Trinajstić information content (AvgIpc) is 2.72. The zero-order valence-corrected chi connectivity index (χ0v) is 18.8. The van der Waals surface area contributed by atoms with E-state index in [0.29, 0.717) is 24.5 Å². The molecule has 2 aromatic carbocycles. The molecule has 3 rings (SSSR count). The molecule has 0 spiro atoms. The smallest absolute Gasteiger partial charge is 0.119 e. The van der Waals surface area contributed by atoms with Crippen LogP contribution in [0, 0.1) is 5.92 Å². The summed E-state index contributed by atoms with van der Waals surface area (Å²) in [6, 6.07) is 16.7. The Morgan fingerprint density at radius 1 is 0.931 bits per heavy atom. The normalized spacial score (nSPS) is 21.5. The summed E-state index contributed by atoms with van der Waals surface area (Å²) in [6.07, 6.45) is 3.66. The largest absolute Gasteiger partial charge is 0.497 e. The van der Waals surface area contributed by atoms with E-state index in [1.54, 1.807) is 14.2 Å². The number of benzene rings is 2. The summed E-state index contributed by atoms with van der Waals surface area (Å²) in [4.78, 5) is 2.30. The first-order valence-corrected chi connectivity index (χ1v) is 10.1. The minimum absolute atomic E-state index is 0. The van der Waals surface area contributed by atoms with Crippen LogP contribution in [0.15, 0.2) is 48.5 Å². The van der Waals surface area contributed by atoms with Gasteiger partial charge >= 0.3 is 0 Å². The molecule has 0 aliphatic heterocycles. The molecule has 1 aliphatic carbocycles. The topological polar surface area (TPSA) is 30.9 Å². The lowest BCUT2D eigenvalue weighted by Crippen LogP contribution is -2.34. The third kappa shape index (κ3) is 6.63. The summed E-state index contributed by atoms with van der Waals surface area (Å²) < 4.78 is 17.0. The van der Waals surface area contributed by atoms with Crippen LogP contribution in [-0.4, -0.2) is 45.9 Å². The molecular formula is C24H34ClNO3. The first kappa shape index (κ1) is 23.5. The van der Waals surface area contributed by atoms with Gasteiger partial charge < -0.3 is 19.1 Å². The number of rotatable bonds is 8.